The van der Waals surface area contributed by atoms with Crippen molar-refractivity contribution in [3.05, 3.63) is 66.5 Å². The van der Waals surface area contributed by atoms with E-state index in [4.69, 9.17) is 4.74 Å². The Kier molecular flexibility index (Phi) is 4.89. The van der Waals surface area contributed by atoms with E-state index >= 15 is 0 Å². The maximum atomic E-state index is 11.9. The highest BCUT2D eigenvalue weighted by Gasteiger charge is 2.01. The lowest BCUT2D eigenvalue weighted by Gasteiger charge is -2.03. The number of hydrogen-bond donors (Lipinski definition) is 1. The van der Waals surface area contributed by atoms with Crippen LogP contribution in [0.15, 0.2) is 60.9 Å². The summed E-state index contributed by atoms with van der Waals surface area (Å²) in [5.74, 6) is 1.39. The van der Waals surface area contributed by atoms with Gasteiger partial charge < -0.3 is 10.1 Å². The van der Waals surface area contributed by atoms with Gasteiger partial charge in [-0.15, -0.1) is 0 Å². The molecule has 1 aromatic heterocycles. The number of allylic oxidation sites excluding steroid dienone is 1. The second kappa shape index (κ2) is 7.09. The molecule has 0 saturated heterocycles. The summed E-state index contributed by atoms with van der Waals surface area (Å²) in [7, 11) is 0. The fraction of sp³-hybridized carbons (Fsp3) is 0.125. The van der Waals surface area contributed by atoms with Crippen LogP contribution in [0.5, 0.6) is 5.75 Å². The molecule has 0 amide bonds. The molecular formula is C16H16N2O2. The van der Waals surface area contributed by atoms with E-state index in [-0.39, 0.29) is 5.78 Å². The highest BCUT2D eigenvalue weighted by atomic mass is 16.5. The molecule has 102 valence electrons. The Morgan fingerprint density at radius 3 is 2.70 bits per heavy atom. The summed E-state index contributed by atoms with van der Waals surface area (Å²) in [4.78, 5) is 16.0. The van der Waals surface area contributed by atoms with Crippen LogP contribution in [0.25, 0.3) is 0 Å². The first-order chi connectivity index (χ1) is 9.79. The average molecular weight is 268 g/mol. The van der Waals surface area contributed by atoms with Crippen molar-refractivity contribution in [2.75, 3.05) is 11.9 Å². The number of hydrogen-bond acceptors (Lipinski definition) is 4. The monoisotopic (exact) mass is 268 g/mol. The Labute approximate surface area is 118 Å². The van der Waals surface area contributed by atoms with E-state index in [2.05, 4.69) is 10.3 Å². The third-order valence-corrected chi connectivity index (χ3v) is 2.58. The summed E-state index contributed by atoms with van der Waals surface area (Å²) < 4.78 is 5.33. The summed E-state index contributed by atoms with van der Waals surface area (Å²) >= 11 is 0. The summed E-state index contributed by atoms with van der Waals surface area (Å²) in [6.07, 6.45) is 4.75. The van der Waals surface area contributed by atoms with Crippen LogP contribution in [0, 0.1) is 0 Å². The summed E-state index contributed by atoms with van der Waals surface area (Å²) in [6.45, 7) is 2.53. The number of ketones is 1. The van der Waals surface area contributed by atoms with Gasteiger partial charge in [0.1, 0.15) is 11.6 Å². The number of pyridine rings is 1. The highest BCUT2D eigenvalue weighted by molar-refractivity contribution is 6.04. The van der Waals surface area contributed by atoms with Gasteiger partial charge in [0, 0.05) is 24.0 Å². The van der Waals surface area contributed by atoms with Gasteiger partial charge in [-0.05, 0) is 43.3 Å². The second-order valence-corrected chi connectivity index (χ2v) is 4.01. The molecular weight excluding hydrogens is 252 g/mol. The van der Waals surface area contributed by atoms with Crippen molar-refractivity contribution in [1.29, 1.82) is 0 Å². The van der Waals surface area contributed by atoms with E-state index in [0.717, 1.165) is 5.75 Å². The van der Waals surface area contributed by atoms with Gasteiger partial charge in [0.25, 0.3) is 0 Å². The highest BCUT2D eigenvalue weighted by Crippen LogP contribution is 2.12. The van der Waals surface area contributed by atoms with Crippen LogP contribution in [0.1, 0.15) is 17.3 Å². The summed E-state index contributed by atoms with van der Waals surface area (Å²) in [5.41, 5.74) is 0.618. The second-order valence-electron chi connectivity index (χ2n) is 4.01. The lowest BCUT2D eigenvalue weighted by molar-refractivity contribution is 0.104. The van der Waals surface area contributed by atoms with Gasteiger partial charge in [0.15, 0.2) is 5.78 Å². The molecule has 0 fully saturated rings. The van der Waals surface area contributed by atoms with Crippen LogP contribution >= 0.6 is 0 Å². The van der Waals surface area contributed by atoms with E-state index in [0.29, 0.717) is 18.0 Å². The van der Waals surface area contributed by atoms with Gasteiger partial charge in [0.05, 0.1) is 6.61 Å². The molecule has 0 saturated carbocycles. The standard InChI is InChI=1S/C16H16N2O2/c1-2-20-14-8-6-13(7-9-14)15(19)10-12-18-16-5-3-4-11-17-16/h3-12H,2H2,1H3,(H,17,18)/b12-10-. The zero-order valence-electron chi connectivity index (χ0n) is 11.2. The van der Waals surface area contributed by atoms with Crippen molar-refractivity contribution in [2.24, 2.45) is 0 Å². The first-order valence-corrected chi connectivity index (χ1v) is 6.41. The molecule has 0 spiro atoms. The lowest BCUT2D eigenvalue weighted by Crippen LogP contribution is -1.97. The largest absolute Gasteiger partial charge is 0.494 e. The molecule has 4 nitrogen and oxygen atoms in total. The van der Waals surface area contributed by atoms with Crippen LogP contribution in [0.2, 0.25) is 0 Å². The molecule has 0 bridgehead atoms. The van der Waals surface area contributed by atoms with Crippen molar-refractivity contribution in [1.82, 2.24) is 4.98 Å². The minimum absolute atomic E-state index is 0.0727. The average Bonchev–Trinajstić information content (AvgIpc) is 2.49. The van der Waals surface area contributed by atoms with Gasteiger partial charge >= 0.3 is 0 Å². The van der Waals surface area contributed by atoms with E-state index in [1.54, 1.807) is 36.7 Å². The van der Waals surface area contributed by atoms with E-state index in [1.165, 1.54) is 6.08 Å². The third-order valence-electron chi connectivity index (χ3n) is 2.58. The Hall–Kier alpha value is -2.62. The minimum atomic E-state index is -0.0727. The molecule has 0 aliphatic carbocycles. The first-order valence-electron chi connectivity index (χ1n) is 6.41. The van der Waals surface area contributed by atoms with Crippen molar-refractivity contribution in [2.45, 2.75) is 6.92 Å². The number of carbonyl (C=O) groups is 1. The molecule has 0 aliphatic heterocycles. The zero-order chi connectivity index (χ0) is 14.2. The SMILES string of the molecule is CCOc1ccc(C(=O)/C=C\Nc2ccccn2)cc1. The molecule has 2 rings (SSSR count). The fourth-order valence-corrected chi connectivity index (χ4v) is 1.63. The number of carbonyl (C=O) groups excluding carboxylic acids is 1. The zero-order valence-corrected chi connectivity index (χ0v) is 11.2. The Morgan fingerprint density at radius 1 is 1.25 bits per heavy atom. The number of nitrogens with zero attached hydrogens (tertiary/aromatic N) is 1. The van der Waals surface area contributed by atoms with Gasteiger partial charge in [-0.1, -0.05) is 6.07 Å². The quantitative estimate of drug-likeness (QED) is 0.645. The number of aromatic nitrogens is 1. The maximum Gasteiger partial charge on any atom is 0.187 e. The Bertz CT molecular complexity index is 577. The van der Waals surface area contributed by atoms with Crippen LogP contribution in [0.3, 0.4) is 0 Å². The molecule has 1 N–H and O–H groups in total. The minimum Gasteiger partial charge on any atom is -0.494 e. The van der Waals surface area contributed by atoms with E-state index in [1.807, 2.05) is 25.1 Å². The van der Waals surface area contributed by atoms with Crippen LogP contribution < -0.4 is 10.1 Å². The topological polar surface area (TPSA) is 51.2 Å². The molecule has 20 heavy (non-hydrogen) atoms. The van der Waals surface area contributed by atoms with Crippen LogP contribution in [0.4, 0.5) is 5.82 Å². The smallest absolute Gasteiger partial charge is 0.187 e. The Morgan fingerprint density at radius 2 is 2.05 bits per heavy atom. The predicted molar refractivity (Wildman–Crippen MR) is 78.9 cm³/mol. The van der Waals surface area contributed by atoms with Gasteiger partial charge in [-0.25, -0.2) is 4.98 Å². The van der Waals surface area contributed by atoms with Crippen LogP contribution in [-0.4, -0.2) is 17.4 Å². The molecule has 1 aromatic carbocycles. The summed E-state index contributed by atoms with van der Waals surface area (Å²) in [5, 5.41) is 2.94. The molecule has 2 aromatic rings. The predicted octanol–water partition coefficient (Wildman–Crippen LogP) is 3.29. The molecule has 0 aliphatic rings. The van der Waals surface area contributed by atoms with Gasteiger partial charge in [0.2, 0.25) is 0 Å². The molecule has 0 radical (unpaired) electrons. The summed E-state index contributed by atoms with van der Waals surface area (Å²) in [6, 6.07) is 12.6. The number of benzene rings is 1. The van der Waals surface area contributed by atoms with E-state index < -0.39 is 0 Å². The normalized spacial score (nSPS) is 10.4. The third kappa shape index (κ3) is 3.95. The number of rotatable bonds is 6. The molecule has 0 unspecified atom stereocenters. The molecule has 0 atom stereocenters. The first kappa shape index (κ1) is 13.8. The number of anilines is 1. The number of nitrogens with one attached hydrogen (secondary N) is 1. The van der Waals surface area contributed by atoms with Crippen molar-refractivity contribution < 1.29 is 9.53 Å². The Balaban J connectivity index is 1.94. The maximum absolute atomic E-state index is 11.9. The molecule has 1 heterocycles. The van der Waals surface area contributed by atoms with Gasteiger partial charge in [-0.3, -0.25) is 4.79 Å². The lowest BCUT2D eigenvalue weighted by atomic mass is 10.1. The van der Waals surface area contributed by atoms with E-state index in [9.17, 15) is 4.79 Å². The van der Waals surface area contributed by atoms with Gasteiger partial charge in [-0.2, -0.15) is 0 Å². The number of ether oxygens (including phenoxy) is 1. The molecule has 4 heteroatoms. The van der Waals surface area contributed by atoms with Crippen molar-refractivity contribution >= 4 is 11.6 Å². The van der Waals surface area contributed by atoms with Crippen molar-refractivity contribution in [3.8, 4) is 5.75 Å². The fourth-order valence-electron chi connectivity index (χ4n) is 1.63. The van der Waals surface area contributed by atoms with Crippen molar-refractivity contribution in [3.63, 3.8) is 0 Å². The van der Waals surface area contributed by atoms with Crippen LogP contribution in [-0.2, 0) is 0 Å².